The summed E-state index contributed by atoms with van der Waals surface area (Å²) in [5.41, 5.74) is 5.03. The zero-order chi connectivity index (χ0) is 23.9. The molecule has 170 valence electrons. The molecule has 0 saturated carbocycles. The fourth-order valence-corrected chi connectivity index (χ4v) is 4.16. The molecule has 1 fully saturated rings. The summed E-state index contributed by atoms with van der Waals surface area (Å²) in [6.07, 6.45) is 1.81. The number of nitrogens with zero attached hydrogens (tertiary/aromatic N) is 1. The molecule has 5 heteroatoms. The van der Waals surface area contributed by atoms with Crippen LogP contribution in [0.4, 0.5) is 4.39 Å². The Hall–Kier alpha value is -3.28. The molecular weight excluding hydrogens is 424 g/mol. The summed E-state index contributed by atoms with van der Waals surface area (Å²) >= 11 is 0. The van der Waals surface area contributed by atoms with Crippen molar-refractivity contribution in [1.29, 1.82) is 0 Å². The lowest BCUT2D eigenvalue weighted by Crippen LogP contribution is -2.41. The molecule has 0 spiro atoms. The van der Waals surface area contributed by atoms with E-state index >= 15 is 0 Å². The highest BCUT2D eigenvalue weighted by Gasteiger charge is 2.51. The van der Waals surface area contributed by atoms with E-state index < -0.39 is 18.3 Å². The van der Waals surface area contributed by atoms with E-state index in [1.54, 1.807) is 12.1 Å². The monoisotopic (exact) mass is 451 g/mol. The molecule has 0 aliphatic carbocycles. The van der Waals surface area contributed by atoms with Crippen molar-refractivity contribution in [2.45, 2.75) is 38.9 Å². The Bertz CT molecular complexity index is 1320. The topological polar surface area (TPSA) is 31.4 Å². The average Bonchev–Trinajstić information content (AvgIpc) is 3.06. The summed E-state index contributed by atoms with van der Waals surface area (Å²) < 4.78 is 27.4. The molecule has 4 aromatic rings. The number of rotatable bonds is 4. The Kier molecular flexibility index (Phi) is 5.63. The van der Waals surface area contributed by atoms with Crippen LogP contribution in [-0.2, 0) is 9.31 Å². The zero-order valence-electron chi connectivity index (χ0n) is 19.9. The quantitative estimate of drug-likeness (QED) is 0.331. The first-order valence-electron chi connectivity index (χ1n) is 11.5. The van der Waals surface area contributed by atoms with Crippen LogP contribution in [0.3, 0.4) is 0 Å². The van der Waals surface area contributed by atoms with Crippen molar-refractivity contribution in [3.05, 3.63) is 96.9 Å². The molecule has 0 N–H and O–H groups in total. The number of hydrogen-bond acceptors (Lipinski definition) is 3. The molecule has 0 radical (unpaired) electrons. The molecule has 34 heavy (non-hydrogen) atoms. The SMILES string of the molecule is CC1(C)OB(c2cc(-c3cc(-c4ccccc4)ccn3)cc(-c3ccccc3F)c2)OC1(C)C. The third kappa shape index (κ3) is 4.17. The highest BCUT2D eigenvalue weighted by molar-refractivity contribution is 6.62. The molecule has 0 amide bonds. The number of benzene rings is 3. The molecule has 2 heterocycles. The van der Waals surface area contributed by atoms with Gasteiger partial charge in [0.1, 0.15) is 5.82 Å². The summed E-state index contributed by atoms with van der Waals surface area (Å²) in [5, 5.41) is 0. The maximum Gasteiger partial charge on any atom is 0.494 e. The lowest BCUT2D eigenvalue weighted by Gasteiger charge is -2.32. The highest BCUT2D eigenvalue weighted by Crippen LogP contribution is 2.37. The summed E-state index contributed by atoms with van der Waals surface area (Å²) in [6, 6.07) is 27.0. The van der Waals surface area contributed by atoms with Gasteiger partial charge in [0.2, 0.25) is 0 Å². The molecule has 0 bridgehead atoms. The first-order valence-corrected chi connectivity index (χ1v) is 11.5. The molecule has 0 atom stereocenters. The molecule has 1 aliphatic heterocycles. The predicted molar refractivity (Wildman–Crippen MR) is 136 cm³/mol. The van der Waals surface area contributed by atoms with Crippen molar-refractivity contribution >= 4 is 12.6 Å². The van der Waals surface area contributed by atoms with Gasteiger partial charge in [-0.3, -0.25) is 4.98 Å². The van der Waals surface area contributed by atoms with E-state index in [4.69, 9.17) is 9.31 Å². The predicted octanol–water partition coefficient (Wildman–Crippen LogP) is 6.52. The summed E-state index contributed by atoms with van der Waals surface area (Å²) in [7, 11) is -0.562. The van der Waals surface area contributed by atoms with Crippen LogP contribution in [0.1, 0.15) is 27.7 Å². The first kappa shape index (κ1) is 22.5. The van der Waals surface area contributed by atoms with Crippen molar-refractivity contribution in [3.63, 3.8) is 0 Å². The van der Waals surface area contributed by atoms with Crippen molar-refractivity contribution < 1.29 is 13.7 Å². The Morgan fingerprint density at radius 2 is 1.32 bits per heavy atom. The van der Waals surface area contributed by atoms with E-state index in [0.29, 0.717) is 5.56 Å². The van der Waals surface area contributed by atoms with Gasteiger partial charge in [0.15, 0.2) is 0 Å². The largest absolute Gasteiger partial charge is 0.494 e. The minimum atomic E-state index is -0.562. The zero-order valence-corrected chi connectivity index (χ0v) is 19.9. The second kappa shape index (κ2) is 8.50. The Balaban J connectivity index is 1.64. The van der Waals surface area contributed by atoms with E-state index in [2.05, 4.69) is 23.2 Å². The second-order valence-electron chi connectivity index (χ2n) is 9.71. The fraction of sp³-hybridized carbons (Fsp3) is 0.207. The Morgan fingerprint density at radius 3 is 2.03 bits per heavy atom. The van der Waals surface area contributed by atoms with Crippen LogP contribution in [0, 0.1) is 5.82 Å². The highest BCUT2D eigenvalue weighted by atomic mass is 19.1. The van der Waals surface area contributed by atoms with Gasteiger partial charge in [-0.15, -0.1) is 0 Å². The lowest BCUT2D eigenvalue weighted by molar-refractivity contribution is 0.00578. The van der Waals surface area contributed by atoms with Crippen LogP contribution in [0.25, 0.3) is 33.5 Å². The van der Waals surface area contributed by atoms with Gasteiger partial charge in [0.25, 0.3) is 0 Å². The van der Waals surface area contributed by atoms with E-state index in [9.17, 15) is 4.39 Å². The number of aromatic nitrogens is 1. The van der Waals surface area contributed by atoms with Gasteiger partial charge in [-0.1, -0.05) is 60.7 Å². The van der Waals surface area contributed by atoms with E-state index in [0.717, 1.165) is 33.4 Å². The van der Waals surface area contributed by atoms with Crippen molar-refractivity contribution in [2.24, 2.45) is 0 Å². The van der Waals surface area contributed by atoms with Crippen LogP contribution < -0.4 is 5.46 Å². The second-order valence-corrected chi connectivity index (χ2v) is 9.71. The minimum absolute atomic E-state index is 0.273. The van der Waals surface area contributed by atoms with Crippen molar-refractivity contribution in [3.8, 4) is 33.5 Å². The number of halogens is 1. The van der Waals surface area contributed by atoms with Gasteiger partial charge in [0.05, 0.1) is 16.9 Å². The Labute approximate surface area is 200 Å². The maximum atomic E-state index is 14.8. The van der Waals surface area contributed by atoms with Gasteiger partial charge in [-0.25, -0.2) is 4.39 Å². The molecule has 5 rings (SSSR count). The van der Waals surface area contributed by atoms with Crippen LogP contribution in [0.5, 0.6) is 0 Å². The standard InChI is InChI=1S/C29H27BFNO2/c1-28(2)29(3,4)34-30(33-28)24-17-22(25-12-8-9-13-26(25)31)16-23(18-24)27-19-21(14-15-32-27)20-10-6-5-7-11-20/h5-19H,1-4H3. The van der Waals surface area contributed by atoms with Gasteiger partial charge in [0, 0.05) is 17.3 Å². The van der Waals surface area contributed by atoms with Gasteiger partial charge >= 0.3 is 7.12 Å². The van der Waals surface area contributed by atoms with Crippen LogP contribution >= 0.6 is 0 Å². The third-order valence-electron chi connectivity index (χ3n) is 6.83. The van der Waals surface area contributed by atoms with Gasteiger partial charge < -0.3 is 9.31 Å². The maximum absolute atomic E-state index is 14.8. The molecule has 3 aromatic carbocycles. The first-order chi connectivity index (χ1) is 16.2. The third-order valence-corrected chi connectivity index (χ3v) is 6.83. The molecule has 1 saturated heterocycles. The van der Waals surface area contributed by atoms with Gasteiger partial charge in [-0.05, 0) is 74.1 Å². The smallest absolute Gasteiger partial charge is 0.399 e. The minimum Gasteiger partial charge on any atom is -0.399 e. The van der Waals surface area contributed by atoms with Crippen molar-refractivity contribution in [1.82, 2.24) is 4.98 Å². The number of pyridine rings is 1. The number of hydrogen-bond donors (Lipinski definition) is 0. The molecule has 1 aromatic heterocycles. The molecule has 1 aliphatic rings. The summed E-state index contributed by atoms with van der Waals surface area (Å²) in [4.78, 5) is 4.64. The van der Waals surface area contributed by atoms with Crippen LogP contribution in [-0.4, -0.2) is 23.3 Å². The summed E-state index contributed by atoms with van der Waals surface area (Å²) in [5.74, 6) is -0.273. The normalized spacial score (nSPS) is 16.6. The lowest BCUT2D eigenvalue weighted by atomic mass is 9.76. The van der Waals surface area contributed by atoms with E-state index in [1.165, 1.54) is 6.07 Å². The molecule has 3 nitrogen and oxygen atoms in total. The van der Waals surface area contributed by atoms with Crippen LogP contribution in [0.15, 0.2) is 91.1 Å². The fourth-order valence-electron chi connectivity index (χ4n) is 4.16. The Morgan fingerprint density at radius 1 is 0.676 bits per heavy atom. The molecule has 0 unspecified atom stereocenters. The molecular formula is C29H27BFNO2. The van der Waals surface area contributed by atoms with E-state index in [-0.39, 0.29) is 5.82 Å². The average molecular weight is 451 g/mol. The summed E-state index contributed by atoms with van der Waals surface area (Å²) in [6.45, 7) is 8.11. The van der Waals surface area contributed by atoms with Gasteiger partial charge in [-0.2, -0.15) is 0 Å². The van der Waals surface area contributed by atoms with Crippen LogP contribution in [0.2, 0.25) is 0 Å². The van der Waals surface area contributed by atoms with Crippen molar-refractivity contribution in [2.75, 3.05) is 0 Å². The van der Waals surface area contributed by atoms with E-state index in [1.807, 2.05) is 82.4 Å².